The van der Waals surface area contributed by atoms with E-state index in [9.17, 15) is 4.79 Å². The highest BCUT2D eigenvalue weighted by molar-refractivity contribution is 6.00. The molecule has 5 nitrogen and oxygen atoms in total. The summed E-state index contributed by atoms with van der Waals surface area (Å²) in [4.78, 5) is 12.3. The molecule has 1 aromatic rings. The van der Waals surface area contributed by atoms with E-state index in [1.54, 1.807) is 26.0 Å². The number of methoxy groups -OCH3 is 3. The molecule has 0 aromatic heterocycles. The molecule has 0 amide bonds. The SMILES string of the molecule is COc1cc(OC)c(C(=O)CC(C)(C)N)cc1OC. The summed E-state index contributed by atoms with van der Waals surface area (Å²) < 4.78 is 15.6. The van der Waals surface area contributed by atoms with Crippen molar-refractivity contribution in [2.75, 3.05) is 21.3 Å². The molecule has 0 saturated heterocycles. The maximum atomic E-state index is 12.3. The number of ether oxygens (including phenoxy) is 3. The molecule has 0 aliphatic heterocycles. The molecule has 1 aromatic carbocycles. The van der Waals surface area contributed by atoms with Crippen LogP contribution in [0.3, 0.4) is 0 Å². The first-order valence-corrected chi connectivity index (χ1v) is 5.94. The van der Waals surface area contributed by atoms with E-state index in [0.29, 0.717) is 22.8 Å². The first-order chi connectivity index (χ1) is 8.82. The van der Waals surface area contributed by atoms with Crippen molar-refractivity contribution >= 4 is 5.78 Å². The van der Waals surface area contributed by atoms with E-state index in [-0.39, 0.29) is 12.2 Å². The zero-order chi connectivity index (χ0) is 14.6. The van der Waals surface area contributed by atoms with Crippen LogP contribution in [0.5, 0.6) is 17.2 Å². The standard InChI is InChI=1S/C14H21NO4/c1-14(2,15)8-10(16)9-6-12(18-4)13(19-5)7-11(9)17-3/h6-7H,8,15H2,1-5H3. The molecule has 1 rings (SSSR count). The largest absolute Gasteiger partial charge is 0.496 e. The summed E-state index contributed by atoms with van der Waals surface area (Å²) in [7, 11) is 4.55. The Morgan fingerprint density at radius 3 is 1.95 bits per heavy atom. The van der Waals surface area contributed by atoms with Gasteiger partial charge in [-0.3, -0.25) is 4.79 Å². The van der Waals surface area contributed by atoms with Gasteiger partial charge in [-0.2, -0.15) is 0 Å². The molecule has 0 saturated carbocycles. The zero-order valence-corrected chi connectivity index (χ0v) is 12.1. The molecule has 0 radical (unpaired) electrons. The molecule has 0 bridgehead atoms. The van der Waals surface area contributed by atoms with Gasteiger partial charge in [0, 0.05) is 18.0 Å². The van der Waals surface area contributed by atoms with Crippen LogP contribution in [0.1, 0.15) is 30.6 Å². The van der Waals surface area contributed by atoms with Gasteiger partial charge in [-0.1, -0.05) is 0 Å². The number of nitrogens with two attached hydrogens (primary N) is 1. The second-order valence-corrected chi connectivity index (χ2v) is 5.00. The van der Waals surface area contributed by atoms with E-state index in [0.717, 1.165) is 0 Å². The van der Waals surface area contributed by atoms with Crippen molar-refractivity contribution in [3.8, 4) is 17.2 Å². The highest BCUT2D eigenvalue weighted by Crippen LogP contribution is 2.35. The van der Waals surface area contributed by atoms with Crippen LogP contribution < -0.4 is 19.9 Å². The second kappa shape index (κ2) is 5.93. The van der Waals surface area contributed by atoms with E-state index in [1.807, 2.05) is 0 Å². The smallest absolute Gasteiger partial charge is 0.168 e. The van der Waals surface area contributed by atoms with Crippen molar-refractivity contribution in [2.45, 2.75) is 25.8 Å². The van der Waals surface area contributed by atoms with Crippen molar-refractivity contribution < 1.29 is 19.0 Å². The van der Waals surface area contributed by atoms with Gasteiger partial charge in [0.1, 0.15) is 5.75 Å². The van der Waals surface area contributed by atoms with Crippen LogP contribution in [0.15, 0.2) is 12.1 Å². The molecule has 5 heteroatoms. The molecular formula is C14H21NO4. The van der Waals surface area contributed by atoms with E-state index in [1.165, 1.54) is 21.3 Å². The Hall–Kier alpha value is -1.75. The second-order valence-electron chi connectivity index (χ2n) is 5.00. The summed E-state index contributed by atoms with van der Waals surface area (Å²) in [6.45, 7) is 3.61. The van der Waals surface area contributed by atoms with Crippen LogP contribution in [-0.2, 0) is 0 Å². The van der Waals surface area contributed by atoms with E-state index < -0.39 is 5.54 Å². The molecule has 0 spiro atoms. The highest BCUT2D eigenvalue weighted by Gasteiger charge is 2.22. The lowest BCUT2D eigenvalue weighted by Crippen LogP contribution is -2.34. The summed E-state index contributed by atoms with van der Waals surface area (Å²) >= 11 is 0. The van der Waals surface area contributed by atoms with Crippen molar-refractivity contribution in [3.63, 3.8) is 0 Å². The maximum absolute atomic E-state index is 12.3. The van der Waals surface area contributed by atoms with Gasteiger partial charge in [0.25, 0.3) is 0 Å². The van der Waals surface area contributed by atoms with Crippen LogP contribution in [0.4, 0.5) is 0 Å². The van der Waals surface area contributed by atoms with Crippen molar-refractivity contribution in [2.24, 2.45) is 5.73 Å². The molecule has 0 aliphatic rings. The first kappa shape index (κ1) is 15.3. The fraction of sp³-hybridized carbons (Fsp3) is 0.500. The number of ketones is 1. The summed E-state index contributed by atoms with van der Waals surface area (Å²) in [5.74, 6) is 1.36. The Labute approximate surface area is 113 Å². The summed E-state index contributed by atoms with van der Waals surface area (Å²) in [6, 6.07) is 3.25. The number of Topliss-reactive ketones (excluding diaryl/α,β-unsaturated/α-hetero) is 1. The maximum Gasteiger partial charge on any atom is 0.168 e. The average Bonchev–Trinajstić information content (AvgIpc) is 2.34. The molecule has 0 atom stereocenters. The third-order valence-electron chi connectivity index (χ3n) is 2.62. The van der Waals surface area contributed by atoms with Gasteiger partial charge in [-0.05, 0) is 19.9 Å². The molecule has 2 N–H and O–H groups in total. The topological polar surface area (TPSA) is 70.8 Å². The third kappa shape index (κ3) is 3.86. The Balaban J connectivity index is 3.22. The van der Waals surface area contributed by atoms with Crippen LogP contribution >= 0.6 is 0 Å². The lowest BCUT2D eigenvalue weighted by atomic mass is 9.94. The van der Waals surface area contributed by atoms with Crippen LogP contribution in [0, 0.1) is 0 Å². The lowest BCUT2D eigenvalue weighted by molar-refractivity contribution is 0.0957. The van der Waals surface area contributed by atoms with Gasteiger partial charge >= 0.3 is 0 Å². The molecule has 0 aliphatic carbocycles. The van der Waals surface area contributed by atoms with Crippen LogP contribution in [0.25, 0.3) is 0 Å². The summed E-state index contributed by atoms with van der Waals surface area (Å²) in [6.07, 6.45) is 0.221. The minimum Gasteiger partial charge on any atom is -0.496 e. The van der Waals surface area contributed by atoms with Gasteiger partial charge < -0.3 is 19.9 Å². The molecular weight excluding hydrogens is 246 g/mol. The van der Waals surface area contributed by atoms with Crippen LogP contribution in [0.2, 0.25) is 0 Å². The monoisotopic (exact) mass is 267 g/mol. The van der Waals surface area contributed by atoms with Gasteiger partial charge in [-0.15, -0.1) is 0 Å². The minimum atomic E-state index is -0.574. The van der Waals surface area contributed by atoms with Crippen LogP contribution in [-0.4, -0.2) is 32.7 Å². The highest BCUT2D eigenvalue weighted by atomic mass is 16.5. The Bertz CT molecular complexity index is 463. The predicted molar refractivity (Wildman–Crippen MR) is 73.3 cm³/mol. The first-order valence-electron chi connectivity index (χ1n) is 5.94. The fourth-order valence-corrected chi connectivity index (χ4v) is 1.76. The summed E-state index contributed by atoms with van der Waals surface area (Å²) in [5.41, 5.74) is 5.74. The molecule has 0 unspecified atom stereocenters. The zero-order valence-electron chi connectivity index (χ0n) is 12.1. The van der Waals surface area contributed by atoms with Crippen molar-refractivity contribution in [1.82, 2.24) is 0 Å². The number of carbonyl (C=O) groups excluding carboxylic acids is 1. The van der Waals surface area contributed by atoms with E-state index >= 15 is 0 Å². The van der Waals surface area contributed by atoms with Gasteiger partial charge in [0.2, 0.25) is 0 Å². The Kier molecular flexibility index (Phi) is 4.78. The number of carbonyl (C=O) groups is 1. The molecule has 0 fully saturated rings. The molecule has 19 heavy (non-hydrogen) atoms. The number of benzene rings is 1. The molecule has 106 valence electrons. The Morgan fingerprint density at radius 1 is 1.05 bits per heavy atom. The van der Waals surface area contributed by atoms with Gasteiger partial charge in [0.05, 0.1) is 26.9 Å². The van der Waals surface area contributed by atoms with Crippen molar-refractivity contribution in [1.29, 1.82) is 0 Å². The normalized spacial score (nSPS) is 11.1. The van der Waals surface area contributed by atoms with Crippen molar-refractivity contribution in [3.05, 3.63) is 17.7 Å². The minimum absolute atomic E-state index is 0.0923. The number of hydrogen-bond acceptors (Lipinski definition) is 5. The lowest BCUT2D eigenvalue weighted by Gasteiger charge is -2.19. The van der Waals surface area contributed by atoms with E-state index in [4.69, 9.17) is 19.9 Å². The number of rotatable bonds is 6. The third-order valence-corrected chi connectivity index (χ3v) is 2.62. The summed E-state index contributed by atoms with van der Waals surface area (Å²) in [5, 5.41) is 0. The Morgan fingerprint density at radius 2 is 1.53 bits per heavy atom. The average molecular weight is 267 g/mol. The van der Waals surface area contributed by atoms with E-state index in [2.05, 4.69) is 0 Å². The fourth-order valence-electron chi connectivity index (χ4n) is 1.76. The van der Waals surface area contributed by atoms with Gasteiger partial charge in [0.15, 0.2) is 17.3 Å². The molecule has 0 heterocycles. The quantitative estimate of drug-likeness (QED) is 0.798. The number of hydrogen-bond donors (Lipinski definition) is 1. The van der Waals surface area contributed by atoms with Gasteiger partial charge in [-0.25, -0.2) is 0 Å². The predicted octanol–water partition coefficient (Wildman–Crippen LogP) is 2.02.